The summed E-state index contributed by atoms with van der Waals surface area (Å²) in [6.07, 6.45) is 3.78. The van der Waals surface area contributed by atoms with Gasteiger partial charge in [-0.05, 0) is 65.0 Å². The number of hydrogen-bond donors (Lipinski definition) is 1. The molecule has 0 aliphatic carbocycles. The number of hydrogen-bond acceptors (Lipinski definition) is 5. The highest BCUT2D eigenvalue weighted by molar-refractivity contribution is 7.91. The number of para-hydroxylation sites is 1. The first-order valence-electron chi connectivity index (χ1n) is 10.4. The fourth-order valence-electron chi connectivity index (χ4n) is 4.34. The number of aromatic nitrogens is 2. The van der Waals surface area contributed by atoms with Crippen molar-refractivity contribution >= 4 is 9.84 Å². The maximum atomic E-state index is 13.1. The molecule has 7 heteroatoms. The van der Waals surface area contributed by atoms with Gasteiger partial charge < -0.3 is 4.74 Å². The maximum absolute atomic E-state index is 13.1. The van der Waals surface area contributed by atoms with E-state index in [0.717, 1.165) is 37.0 Å². The zero-order valence-corrected chi connectivity index (χ0v) is 18.9. The fraction of sp³-hybridized carbons (Fsp3) is 0.591. The van der Waals surface area contributed by atoms with E-state index < -0.39 is 9.84 Å². The molecule has 1 fully saturated rings. The van der Waals surface area contributed by atoms with Gasteiger partial charge in [0.1, 0.15) is 16.5 Å². The molecule has 3 atom stereocenters. The van der Waals surface area contributed by atoms with Crippen LogP contribution >= 0.6 is 0 Å². The van der Waals surface area contributed by atoms with E-state index in [-0.39, 0.29) is 24.1 Å². The van der Waals surface area contributed by atoms with E-state index in [1.165, 1.54) is 0 Å². The standard InChI is InChI=1S/C22H33N3O3S/c1-6-20(28-21-10-8-7-9-15(21)2)13-19-12-11-16(3)25(19)14-29(26,27)22-17(4)23-24-18(22)5/h7-10,16,19-20H,6,11-14H2,1-5H3,(H,23,24)/t16-,19-,20-/m0/s1. The summed E-state index contributed by atoms with van der Waals surface area (Å²) >= 11 is 0. The Morgan fingerprint density at radius 2 is 1.97 bits per heavy atom. The van der Waals surface area contributed by atoms with Gasteiger partial charge in [-0.15, -0.1) is 0 Å². The van der Waals surface area contributed by atoms with Crippen molar-refractivity contribution in [2.45, 2.75) is 83.4 Å². The van der Waals surface area contributed by atoms with Crippen molar-refractivity contribution < 1.29 is 13.2 Å². The Morgan fingerprint density at radius 3 is 2.59 bits per heavy atom. The second-order valence-corrected chi connectivity index (χ2v) is 10.1. The first kappa shape index (κ1) is 21.8. The van der Waals surface area contributed by atoms with Crippen LogP contribution < -0.4 is 4.74 Å². The van der Waals surface area contributed by atoms with Gasteiger partial charge in [-0.3, -0.25) is 10.00 Å². The Balaban J connectivity index is 1.74. The van der Waals surface area contributed by atoms with E-state index in [0.29, 0.717) is 16.3 Å². The van der Waals surface area contributed by atoms with Crippen LogP contribution in [0.3, 0.4) is 0 Å². The summed E-state index contributed by atoms with van der Waals surface area (Å²) in [4.78, 5) is 2.49. The maximum Gasteiger partial charge on any atom is 0.195 e. The molecule has 1 N–H and O–H groups in total. The predicted octanol–water partition coefficient (Wildman–Crippen LogP) is 4.17. The first-order valence-corrected chi connectivity index (χ1v) is 12.1. The summed E-state index contributed by atoms with van der Waals surface area (Å²) in [6.45, 7) is 9.80. The molecule has 0 saturated carbocycles. The predicted molar refractivity (Wildman–Crippen MR) is 115 cm³/mol. The van der Waals surface area contributed by atoms with Gasteiger partial charge in [0.05, 0.1) is 17.5 Å². The van der Waals surface area contributed by atoms with Crippen LogP contribution in [0.2, 0.25) is 0 Å². The molecule has 0 amide bonds. The third-order valence-corrected chi connectivity index (χ3v) is 7.88. The second-order valence-electron chi connectivity index (χ2n) is 8.25. The lowest BCUT2D eigenvalue weighted by molar-refractivity contribution is 0.132. The van der Waals surface area contributed by atoms with E-state index in [1.807, 2.05) is 31.2 Å². The molecular formula is C22H33N3O3S. The first-order chi connectivity index (χ1) is 13.7. The van der Waals surface area contributed by atoms with E-state index in [1.54, 1.807) is 13.8 Å². The Hall–Kier alpha value is -1.86. The number of rotatable bonds is 8. The monoisotopic (exact) mass is 419 g/mol. The smallest absolute Gasteiger partial charge is 0.195 e. The van der Waals surface area contributed by atoms with Gasteiger partial charge in [-0.25, -0.2) is 8.42 Å². The SMILES string of the molecule is CC[C@@H](C[C@@H]1CC[C@H](C)N1CS(=O)(=O)c1c(C)n[nH]c1C)Oc1ccccc1C. The largest absolute Gasteiger partial charge is 0.490 e. The van der Waals surface area contributed by atoms with Crippen LogP contribution in [0.15, 0.2) is 29.2 Å². The van der Waals surface area contributed by atoms with Gasteiger partial charge in [0.15, 0.2) is 9.84 Å². The Morgan fingerprint density at radius 1 is 1.24 bits per heavy atom. The zero-order valence-electron chi connectivity index (χ0n) is 18.1. The number of likely N-dealkylation sites (tertiary alicyclic amines) is 1. The molecule has 1 aliphatic heterocycles. The number of H-pyrrole nitrogens is 1. The normalized spacial score (nSPS) is 21.4. The Kier molecular flexibility index (Phi) is 6.69. The zero-order chi connectivity index (χ0) is 21.2. The second kappa shape index (κ2) is 8.88. The van der Waals surface area contributed by atoms with Crippen molar-refractivity contribution in [1.29, 1.82) is 0 Å². The summed E-state index contributed by atoms with van der Waals surface area (Å²) in [6, 6.07) is 8.48. The third-order valence-electron chi connectivity index (χ3n) is 6.02. The van der Waals surface area contributed by atoms with Gasteiger partial charge in [-0.1, -0.05) is 25.1 Å². The average molecular weight is 420 g/mol. The lowest BCUT2D eigenvalue weighted by Crippen LogP contribution is -2.41. The minimum atomic E-state index is -3.44. The molecule has 1 aromatic carbocycles. The van der Waals surface area contributed by atoms with Gasteiger partial charge in [0.25, 0.3) is 0 Å². The van der Waals surface area contributed by atoms with E-state index in [9.17, 15) is 8.42 Å². The molecule has 160 valence electrons. The van der Waals surface area contributed by atoms with E-state index in [2.05, 4.69) is 28.9 Å². The molecule has 6 nitrogen and oxygen atoms in total. The molecular weight excluding hydrogens is 386 g/mol. The molecule has 1 aromatic heterocycles. The molecule has 1 saturated heterocycles. The molecule has 0 spiro atoms. The molecule has 2 heterocycles. The summed E-state index contributed by atoms with van der Waals surface area (Å²) in [7, 11) is -3.44. The molecule has 0 unspecified atom stereocenters. The Labute approximate surface area is 174 Å². The van der Waals surface area contributed by atoms with Crippen LogP contribution in [0.1, 0.15) is 56.5 Å². The lowest BCUT2D eigenvalue weighted by atomic mass is 10.0. The summed E-state index contributed by atoms with van der Waals surface area (Å²) in [5.41, 5.74) is 2.27. The van der Waals surface area contributed by atoms with Crippen molar-refractivity contribution in [2.75, 3.05) is 5.88 Å². The van der Waals surface area contributed by atoms with Crippen LogP contribution in [-0.4, -0.2) is 47.6 Å². The average Bonchev–Trinajstić information content (AvgIpc) is 3.18. The van der Waals surface area contributed by atoms with Crippen molar-refractivity contribution in [3.05, 3.63) is 41.2 Å². The lowest BCUT2D eigenvalue weighted by Gasteiger charge is -2.31. The summed E-state index contributed by atoms with van der Waals surface area (Å²) in [5.74, 6) is 0.940. The number of benzene rings is 1. The van der Waals surface area contributed by atoms with Crippen molar-refractivity contribution in [3.8, 4) is 5.75 Å². The van der Waals surface area contributed by atoms with Gasteiger partial charge >= 0.3 is 0 Å². The van der Waals surface area contributed by atoms with Crippen LogP contribution in [0.5, 0.6) is 5.75 Å². The number of nitrogens with zero attached hydrogens (tertiary/aromatic N) is 2. The molecule has 2 aromatic rings. The van der Waals surface area contributed by atoms with Gasteiger partial charge in [0, 0.05) is 12.1 Å². The number of nitrogens with one attached hydrogen (secondary N) is 1. The third kappa shape index (κ3) is 4.83. The molecule has 1 aliphatic rings. The summed E-state index contributed by atoms with van der Waals surface area (Å²) < 4.78 is 32.6. The highest BCUT2D eigenvalue weighted by Gasteiger charge is 2.36. The molecule has 29 heavy (non-hydrogen) atoms. The van der Waals surface area contributed by atoms with Crippen molar-refractivity contribution in [3.63, 3.8) is 0 Å². The number of sulfone groups is 1. The number of ether oxygens (including phenoxy) is 1. The summed E-state index contributed by atoms with van der Waals surface area (Å²) in [5, 5.41) is 6.87. The Bertz CT molecular complexity index is 919. The molecule has 0 bridgehead atoms. The van der Waals surface area contributed by atoms with Crippen LogP contribution in [0.25, 0.3) is 0 Å². The van der Waals surface area contributed by atoms with Crippen LogP contribution in [0.4, 0.5) is 0 Å². The van der Waals surface area contributed by atoms with E-state index in [4.69, 9.17) is 4.74 Å². The highest BCUT2D eigenvalue weighted by Crippen LogP contribution is 2.31. The number of aromatic amines is 1. The topological polar surface area (TPSA) is 75.3 Å². The van der Waals surface area contributed by atoms with Gasteiger partial charge in [0.2, 0.25) is 0 Å². The minimum Gasteiger partial charge on any atom is -0.490 e. The molecule has 0 radical (unpaired) electrons. The van der Waals surface area contributed by atoms with Crippen LogP contribution in [-0.2, 0) is 9.84 Å². The number of aryl methyl sites for hydroxylation is 3. The quantitative estimate of drug-likeness (QED) is 0.695. The van der Waals surface area contributed by atoms with Crippen molar-refractivity contribution in [2.24, 2.45) is 0 Å². The van der Waals surface area contributed by atoms with Gasteiger partial charge in [-0.2, -0.15) is 5.10 Å². The minimum absolute atomic E-state index is 0.0286. The highest BCUT2D eigenvalue weighted by atomic mass is 32.2. The van der Waals surface area contributed by atoms with E-state index >= 15 is 0 Å². The molecule has 3 rings (SSSR count). The van der Waals surface area contributed by atoms with Crippen molar-refractivity contribution in [1.82, 2.24) is 15.1 Å². The fourth-order valence-corrected chi connectivity index (χ4v) is 6.34. The van der Waals surface area contributed by atoms with Crippen LogP contribution in [0, 0.1) is 20.8 Å².